The number of rotatable bonds is 6. The first-order chi connectivity index (χ1) is 17.9. The third-order valence-corrected chi connectivity index (χ3v) is 10.3. The molecule has 1 unspecified atom stereocenters. The summed E-state index contributed by atoms with van der Waals surface area (Å²) in [4.78, 5) is 49.5. The third-order valence-electron chi connectivity index (χ3n) is 10.3. The monoisotopic (exact) mass is 536 g/mol. The number of ether oxygens (including phenoxy) is 2. The first kappa shape index (κ1) is 27.5. The summed E-state index contributed by atoms with van der Waals surface area (Å²) in [7, 11) is 0. The average Bonchev–Trinajstić information content (AvgIpc) is 3.26. The molecule has 4 fully saturated rings. The van der Waals surface area contributed by atoms with E-state index in [1.807, 2.05) is 0 Å². The molecule has 11 heteroatoms. The Morgan fingerprint density at radius 1 is 1.11 bits per heavy atom. The van der Waals surface area contributed by atoms with Gasteiger partial charge in [-0.05, 0) is 67.8 Å². The summed E-state index contributed by atoms with van der Waals surface area (Å²) in [5, 5.41) is 50.7. The second kappa shape index (κ2) is 9.87. The Morgan fingerprint density at radius 3 is 2.53 bits per heavy atom. The Bertz CT molecular complexity index is 1040. The van der Waals surface area contributed by atoms with Gasteiger partial charge in [0, 0.05) is 17.8 Å². The topological polar surface area (TPSA) is 188 Å². The van der Waals surface area contributed by atoms with E-state index in [2.05, 4.69) is 6.92 Å². The van der Waals surface area contributed by atoms with E-state index >= 15 is 0 Å². The first-order valence-electron chi connectivity index (χ1n) is 13.4. The van der Waals surface area contributed by atoms with Crippen molar-refractivity contribution in [2.24, 2.45) is 34.5 Å². The zero-order chi connectivity index (χ0) is 27.6. The Morgan fingerprint density at radius 2 is 1.84 bits per heavy atom. The minimum absolute atomic E-state index is 0.0227. The van der Waals surface area contributed by atoms with Crippen LogP contribution in [0.5, 0.6) is 0 Å². The molecular formula is C27H36O11. The maximum atomic E-state index is 13.4. The van der Waals surface area contributed by atoms with Crippen LogP contribution in [0.1, 0.15) is 51.9 Å². The molecule has 0 spiro atoms. The van der Waals surface area contributed by atoms with E-state index in [1.54, 1.807) is 6.08 Å². The van der Waals surface area contributed by atoms with Gasteiger partial charge in [0.2, 0.25) is 0 Å². The lowest BCUT2D eigenvalue weighted by Crippen LogP contribution is -2.60. The lowest BCUT2D eigenvalue weighted by molar-refractivity contribution is -0.292. The molecule has 0 bridgehead atoms. The molecule has 0 aromatic heterocycles. The number of ketones is 2. The minimum Gasteiger partial charge on any atom is -0.479 e. The van der Waals surface area contributed by atoms with Crippen molar-refractivity contribution in [2.45, 2.75) is 88.7 Å². The third kappa shape index (κ3) is 4.10. The van der Waals surface area contributed by atoms with Crippen LogP contribution in [0.2, 0.25) is 0 Å². The standard InChI is InChI=1S/C27H36O11/c1-26-7-6-13(29)8-12(26)2-3-14-15-4-5-16(27(15,11-28)9-17(30)19(14)26)18(31)10-37-25-22(34)20(32)21(33)23(38-25)24(35)36/h8,11,14-17,19-23,25,30,32-34H,2-7,9-10H2,1H3,(H,35,36)/t14-,15-,16+,17-,19+,20-,21-,22+,23-,25?,26-,27+/m0/s1. The molecule has 11 nitrogen and oxygen atoms in total. The molecule has 3 saturated carbocycles. The van der Waals surface area contributed by atoms with Crippen molar-refractivity contribution in [1.29, 1.82) is 0 Å². The quantitative estimate of drug-likeness (QED) is 0.282. The molecule has 0 amide bonds. The van der Waals surface area contributed by atoms with Crippen LogP contribution in [-0.4, -0.2) is 92.8 Å². The number of aliphatic hydroxyl groups is 4. The lowest BCUT2D eigenvalue weighted by atomic mass is 9.45. The van der Waals surface area contributed by atoms with Gasteiger partial charge < -0.3 is 39.8 Å². The fraction of sp³-hybridized carbons (Fsp3) is 0.778. The summed E-state index contributed by atoms with van der Waals surface area (Å²) in [6, 6.07) is 0. The normalized spacial score (nSPS) is 48.3. The first-order valence-corrected chi connectivity index (χ1v) is 13.4. The summed E-state index contributed by atoms with van der Waals surface area (Å²) in [6.07, 6.45) is -3.57. The maximum Gasteiger partial charge on any atom is 0.335 e. The van der Waals surface area contributed by atoms with Crippen molar-refractivity contribution in [1.82, 2.24) is 0 Å². The molecule has 0 radical (unpaired) electrons. The van der Waals surface area contributed by atoms with Crippen LogP contribution in [0.25, 0.3) is 0 Å². The second-order valence-electron chi connectivity index (χ2n) is 12.0. The number of allylic oxidation sites excluding steroid dienone is 1. The lowest BCUT2D eigenvalue weighted by Gasteiger charge is -2.59. The van der Waals surface area contributed by atoms with Gasteiger partial charge in [0.15, 0.2) is 24.0 Å². The largest absolute Gasteiger partial charge is 0.479 e. The highest BCUT2D eigenvalue weighted by molar-refractivity contribution is 5.91. The summed E-state index contributed by atoms with van der Waals surface area (Å²) in [5.41, 5.74) is -0.324. The minimum atomic E-state index is -1.88. The van der Waals surface area contributed by atoms with E-state index in [-0.39, 0.29) is 35.4 Å². The van der Waals surface area contributed by atoms with Gasteiger partial charge >= 0.3 is 5.97 Å². The van der Waals surface area contributed by atoms with Crippen LogP contribution >= 0.6 is 0 Å². The molecular weight excluding hydrogens is 500 g/mol. The van der Waals surface area contributed by atoms with Crippen LogP contribution in [0, 0.1) is 34.5 Å². The highest BCUT2D eigenvalue weighted by atomic mass is 16.7. The van der Waals surface area contributed by atoms with E-state index in [0.717, 1.165) is 24.7 Å². The summed E-state index contributed by atoms with van der Waals surface area (Å²) < 4.78 is 10.5. The van der Waals surface area contributed by atoms with Crippen molar-refractivity contribution in [3.63, 3.8) is 0 Å². The van der Waals surface area contributed by atoms with Gasteiger partial charge in [-0.2, -0.15) is 0 Å². The maximum absolute atomic E-state index is 13.4. The van der Waals surface area contributed by atoms with Crippen LogP contribution in [-0.2, 0) is 28.7 Å². The number of carboxylic acids is 1. The zero-order valence-electron chi connectivity index (χ0n) is 21.3. The molecule has 12 atom stereocenters. The highest BCUT2D eigenvalue weighted by Crippen LogP contribution is 2.66. The second-order valence-corrected chi connectivity index (χ2v) is 12.0. The number of carboxylic acid groups (broad SMARTS) is 1. The highest BCUT2D eigenvalue weighted by Gasteiger charge is 2.65. The number of aliphatic carboxylic acids is 1. The number of carbonyl (C=O) groups is 4. The molecule has 38 heavy (non-hydrogen) atoms. The van der Waals surface area contributed by atoms with Gasteiger partial charge in [-0.3, -0.25) is 9.59 Å². The van der Waals surface area contributed by atoms with Crippen molar-refractivity contribution in [2.75, 3.05) is 6.61 Å². The Balaban J connectivity index is 1.33. The number of fused-ring (bicyclic) bond motifs is 5. The molecule has 210 valence electrons. The van der Waals surface area contributed by atoms with E-state index in [9.17, 15) is 44.7 Å². The molecule has 1 aliphatic heterocycles. The molecule has 1 heterocycles. The summed E-state index contributed by atoms with van der Waals surface area (Å²) in [5.74, 6) is -2.81. The molecule has 5 aliphatic rings. The van der Waals surface area contributed by atoms with Gasteiger partial charge in [0.05, 0.1) is 6.10 Å². The number of Topliss-reactive ketones (excluding diaryl/α,β-unsaturated/α-hetero) is 1. The Hall–Kier alpha value is -2.02. The molecule has 5 N–H and O–H groups in total. The predicted molar refractivity (Wildman–Crippen MR) is 127 cm³/mol. The van der Waals surface area contributed by atoms with Crippen LogP contribution < -0.4 is 0 Å². The van der Waals surface area contributed by atoms with Crippen molar-refractivity contribution in [3.05, 3.63) is 11.6 Å². The van der Waals surface area contributed by atoms with Crippen molar-refractivity contribution >= 4 is 23.8 Å². The van der Waals surface area contributed by atoms with E-state index < -0.39 is 66.5 Å². The zero-order valence-corrected chi connectivity index (χ0v) is 21.3. The predicted octanol–water partition coefficient (Wildman–Crippen LogP) is -0.238. The SMILES string of the molecule is C[C@]12CCC(=O)C=C1CC[C@@H]1[C@@H]2[C@@H](O)C[C@]2(C=O)[C@@H](C(=O)COC3O[C@H](C(=O)O)[C@@H](O)[C@H](O)[C@H]3O)CC[C@@H]12. The van der Waals surface area contributed by atoms with Gasteiger partial charge in [-0.15, -0.1) is 0 Å². The smallest absolute Gasteiger partial charge is 0.335 e. The number of carbonyl (C=O) groups excluding carboxylic acids is 3. The molecule has 4 aliphatic carbocycles. The average molecular weight is 537 g/mol. The number of aldehydes is 1. The number of hydrogen-bond donors (Lipinski definition) is 5. The van der Waals surface area contributed by atoms with Gasteiger partial charge in [-0.1, -0.05) is 12.5 Å². The Labute approximate surface area is 219 Å². The molecule has 1 saturated heterocycles. The number of hydrogen-bond acceptors (Lipinski definition) is 10. The molecule has 5 rings (SSSR count). The van der Waals surface area contributed by atoms with E-state index in [0.29, 0.717) is 25.7 Å². The van der Waals surface area contributed by atoms with Crippen molar-refractivity contribution in [3.8, 4) is 0 Å². The van der Waals surface area contributed by atoms with Crippen LogP contribution in [0.3, 0.4) is 0 Å². The molecule has 0 aromatic carbocycles. The fourth-order valence-electron chi connectivity index (χ4n) is 8.52. The van der Waals surface area contributed by atoms with Gasteiger partial charge in [-0.25, -0.2) is 4.79 Å². The van der Waals surface area contributed by atoms with E-state index in [1.165, 1.54) is 0 Å². The van der Waals surface area contributed by atoms with E-state index in [4.69, 9.17) is 9.47 Å². The van der Waals surface area contributed by atoms with Crippen LogP contribution in [0.4, 0.5) is 0 Å². The van der Waals surface area contributed by atoms with Crippen LogP contribution in [0.15, 0.2) is 11.6 Å². The number of aliphatic hydroxyl groups excluding tert-OH is 4. The van der Waals surface area contributed by atoms with Gasteiger partial charge in [0.25, 0.3) is 0 Å². The Kier molecular flexibility index (Phi) is 7.15. The van der Waals surface area contributed by atoms with Crippen molar-refractivity contribution < 1.29 is 54.2 Å². The summed E-state index contributed by atoms with van der Waals surface area (Å²) in [6.45, 7) is 1.51. The summed E-state index contributed by atoms with van der Waals surface area (Å²) >= 11 is 0. The molecule has 0 aromatic rings. The van der Waals surface area contributed by atoms with Gasteiger partial charge in [0.1, 0.15) is 31.2 Å². The fourth-order valence-corrected chi connectivity index (χ4v) is 8.52.